The van der Waals surface area contributed by atoms with Gasteiger partial charge in [0.25, 0.3) is 5.69 Å². The number of esters is 1. The van der Waals surface area contributed by atoms with Gasteiger partial charge in [0.1, 0.15) is 12.1 Å². The number of aromatic nitrogens is 3. The molecule has 0 aliphatic rings. The van der Waals surface area contributed by atoms with Crippen LogP contribution in [0.2, 0.25) is 0 Å². The average Bonchev–Trinajstić information content (AvgIpc) is 3.20. The Morgan fingerprint density at radius 2 is 2.19 bits per heavy atom. The minimum atomic E-state index is -0.648. The van der Waals surface area contributed by atoms with Gasteiger partial charge in [-0.25, -0.2) is 14.8 Å². The number of benzene rings is 1. The number of rotatable bonds is 6. The second-order valence-corrected chi connectivity index (χ2v) is 5.33. The molecule has 9 nitrogen and oxygen atoms in total. The predicted molar refractivity (Wildman–Crippen MR) is 93.1 cm³/mol. The number of carbonyl (C=O) groups is 1. The molecule has 0 spiro atoms. The van der Waals surface area contributed by atoms with Crippen LogP contribution in [-0.4, -0.2) is 32.5 Å². The van der Waals surface area contributed by atoms with E-state index in [9.17, 15) is 14.9 Å². The Balaban J connectivity index is 1.76. The lowest BCUT2D eigenvalue weighted by molar-refractivity contribution is -0.384. The highest BCUT2D eigenvalue weighted by atomic mass is 16.6. The lowest BCUT2D eigenvalue weighted by atomic mass is 10.1. The van der Waals surface area contributed by atoms with Crippen LogP contribution in [-0.2, 0) is 11.3 Å². The molecule has 0 fully saturated rings. The van der Waals surface area contributed by atoms with E-state index in [-0.39, 0.29) is 11.3 Å². The number of non-ortho nitro benzene ring substituents is 1. The minimum Gasteiger partial charge on any atom is -0.465 e. The molecule has 132 valence electrons. The number of ether oxygens (including phenoxy) is 1. The zero-order valence-corrected chi connectivity index (χ0v) is 13.8. The summed E-state index contributed by atoms with van der Waals surface area (Å²) in [6.45, 7) is 0.388. The molecule has 2 aromatic heterocycles. The summed E-state index contributed by atoms with van der Waals surface area (Å²) in [5.41, 5.74) is 1.25. The molecular weight excluding hydrogens is 338 g/mol. The van der Waals surface area contributed by atoms with Gasteiger partial charge in [-0.1, -0.05) is 6.07 Å². The number of nitro benzene ring substituents is 1. The SMILES string of the molecule is COC(=O)c1cc([N+](=O)[O-])ccc1NCc1ccc(-n2ccnc2)nc1. The summed E-state index contributed by atoms with van der Waals surface area (Å²) in [6.07, 6.45) is 6.81. The molecule has 0 saturated heterocycles. The third-order valence-corrected chi connectivity index (χ3v) is 3.68. The first kappa shape index (κ1) is 17.1. The molecule has 0 saturated carbocycles. The van der Waals surface area contributed by atoms with Crippen molar-refractivity contribution in [3.05, 3.63) is 76.5 Å². The van der Waals surface area contributed by atoms with Gasteiger partial charge in [-0.15, -0.1) is 0 Å². The minimum absolute atomic E-state index is 0.102. The Morgan fingerprint density at radius 3 is 2.81 bits per heavy atom. The van der Waals surface area contributed by atoms with E-state index in [1.165, 1.54) is 25.3 Å². The van der Waals surface area contributed by atoms with Crippen molar-refractivity contribution in [3.8, 4) is 5.82 Å². The normalized spacial score (nSPS) is 10.3. The fourth-order valence-corrected chi connectivity index (χ4v) is 2.34. The van der Waals surface area contributed by atoms with E-state index in [1.54, 1.807) is 29.5 Å². The van der Waals surface area contributed by atoms with Crippen molar-refractivity contribution in [2.75, 3.05) is 12.4 Å². The molecule has 1 N–H and O–H groups in total. The van der Waals surface area contributed by atoms with E-state index in [1.807, 2.05) is 12.1 Å². The number of nitro groups is 1. The van der Waals surface area contributed by atoms with Crippen LogP contribution in [0.25, 0.3) is 5.82 Å². The fourth-order valence-electron chi connectivity index (χ4n) is 2.34. The van der Waals surface area contributed by atoms with Gasteiger partial charge in [0, 0.05) is 43.0 Å². The van der Waals surface area contributed by atoms with Crippen LogP contribution in [0.4, 0.5) is 11.4 Å². The van der Waals surface area contributed by atoms with Gasteiger partial charge >= 0.3 is 5.97 Å². The topological polar surface area (TPSA) is 112 Å². The van der Waals surface area contributed by atoms with Crippen LogP contribution >= 0.6 is 0 Å². The van der Waals surface area contributed by atoms with Crippen molar-refractivity contribution in [2.24, 2.45) is 0 Å². The van der Waals surface area contributed by atoms with Crippen molar-refractivity contribution < 1.29 is 14.5 Å². The van der Waals surface area contributed by atoms with Crippen molar-refractivity contribution in [2.45, 2.75) is 6.54 Å². The van der Waals surface area contributed by atoms with Gasteiger partial charge in [0.2, 0.25) is 0 Å². The summed E-state index contributed by atoms with van der Waals surface area (Å²) in [6, 6.07) is 7.73. The standard InChI is InChI=1S/C17H15N5O4/c1-26-17(23)14-8-13(22(24)25)3-4-15(14)19-9-12-2-5-16(20-10-12)21-7-6-18-11-21/h2-8,10-11,19H,9H2,1H3. The second kappa shape index (κ2) is 7.43. The molecule has 26 heavy (non-hydrogen) atoms. The number of methoxy groups -OCH3 is 1. The molecule has 0 atom stereocenters. The number of pyridine rings is 1. The zero-order chi connectivity index (χ0) is 18.5. The quantitative estimate of drug-likeness (QED) is 0.412. The Morgan fingerprint density at radius 1 is 1.35 bits per heavy atom. The molecule has 3 rings (SSSR count). The van der Waals surface area contributed by atoms with Crippen LogP contribution in [0, 0.1) is 10.1 Å². The second-order valence-electron chi connectivity index (χ2n) is 5.33. The van der Waals surface area contributed by atoms with Crippen molar-refractivity contribution in [1.82, 2.24) is 14.5 Å². The molecule has 9 heteroatoms. The van der Waals surface area contributed by atoms with E-state index < -0.39 is 10.9 Å². The summed E-state index contributed by atoms with van der Waals surface area (Å²) in [5.74, 6) is 0.0848. The number of imidazole rings is 1. The maximum atomic E-state index is 11.9. The van der Waals surface area contributed by atoms with Gasteiger partial charge in [-0.2, -0.15) is 0 Å². The van der Waals surface area contributed by atoms with Gasteiger partial charge in [-0.05, 0) is 17.7 Å². The smallest absolute Gasteiger partial charge is 0.340 e. The van der Waals surface area contributed by atoms with Crippen LogP contribution in [0.1, 0.15) is 15.9 Å². The van der Waals surface area contributed by atoms with Gasteiger partial charge in [0.05, 0.1) is 17.6 Å². The van der Waals surface area contributed by atoms with Gasteiger partial charge < -0.3 is 10.1 Å². The molecule has 0 unspecified atom stereocenters. The predicted octanol–water partition coefficient (Wildman–Crippen LogP) is 2.57. The monoisotopic (exact) mass is 353 g/mol. The van der Waals surface area contributed by atoms with Crippen LogP contribution < -0.4 is 5.32 Å². The van der Waals surface area contributed by atoms with E-state index in [0.717, 1.165) is 11.4 Å². The molecule has 0 amide bonds. The van der Waals surface area contributed by atoms with Crippen LogP contribution in [0.5, 0.6) is 0 Å². The van der Waals surface area contributed by atoms with E-state index >= 15 is 0 Å². The third kappa shape index (κ3) is 3.66. The highest BCUT2D eigenvalue weighted by molar-refractivity contribution is 5.96. The summed E-state index contributed by atoms with van der Waals surface area (Å²) < 4.78 is 6.48. The Bertz CT molecular complexity index is 923. The first-order chi connectivity index (χ1) is 12.6. The van der Waals surface area contributed by atoms with Gasteiger partial charge in [0.15, 0.2) is 0 Å². The summed E-state index contributed by atoms with van der Waals surface area (Å²) >= 11 is 0. The Kier molecular flexibility index (Phi) is 4.88. The first-order valence-electron chi connectivity index (χ1n) is 7.62. The van der Waals surface area contributed by atoms with E-state index in [4.69, 9.17) is 4.74 Å². The molecule has 0 aliphatic carbocycles. The number of nitrogens with zero attached hydrogens (tertiary/aromatic N) is 4. The average molecular weight is 353 g/mol. The van der Waals surface area contributed by atoms with Crippen LogP contribution in [0.3, 0.4) is 0 Å². The molecule has 0 radical (unpaired) electrons. The first-order valence-corrected chi connectivity index (χ1v) is 7.62. The van der Waals surface area contributed by atoms with E-state index in [0.29, 0.717) is 12.2 Å². The van der Waals surface area contributed by atoms with E-state index in [2.05, 4.69) is 15.3 Å². The third-order valence-electron chi connectivity index (χ3n) is 3.68. The summed E-state index contributed by atoms with van der Waals surface area (Å²) in [7, 11) is 1.23. The van der Waals surface area contributed by atoms with Crippen molar-refractivity contribution in [1.29, 1.82) is 0 Å². The Labute approximate surface area is 148 Å². The molecule has 1 aromatic carbocycles. The highest BCUT2D eigenvalue weighted by Crippen LogP contribution is 2.23. The Hall–Kier alpha value is -3.75. The summed E-state index contributed by atoms with van der Waals surface area (Å²) in [5, 5.41) is 14.0. The zero-order valence-electron chi connectivity index (χ0n) is 13.8. The van der Waals surface area contributed by atoms with Crippen LogP contribution in [0.15, 0.2) is 55.2 Å². The molecular formula is C17H15N5O4. The molecule has 3 aromatic rings. The number of anilines is 1. The summed E-state index contributed by atoms with van der Waals surface area (Å²) in [4.78, 5) is 30.5. The maximum absolute atomic E-state index is 11.9. The van der Waals surface area contributed by atoms with Crippen molar-refractivity contribution >= 4 is 17.3 Å². The number of hydrogen-bond acceptors (Lipinski definition) is 7. The maximum Gasteiger partial charge on any atom is 0.340 e. The largest absolute Gasteiger partial charge is 0.465 e. The number of carbonyl (C=O) groups excluding carboxylic acids is 1. The van der Waals surface area contributed by atoms with Crippen molar-refractivity contribution in [3.63, 3.8) is 0 Å². The number of nitrogens with one attached hydrogen (secondary N) is 1. The lowest BCUT2D eigenvalue weighted by Gasteiger charge is -2.11. The number of hydrogen-bond donors (Lipinski definition) is 1. The molecule has 0 aliphatic heterocycles. The highest BCUT2D eigenvalue weighted by Gasteiger charge is 2.17. The molecule has 0 bridgehead atoms. The lowest BCUT2D eigenvalue weighted by Crippen LogP contribution is -2.09. The fraction of sp³-hybridized carbons (Fsp3) is 0.118. The molecule has 2 heterocycles. The van der Waals surface area contributed by atoms with Gasteiger partial charge in [-0.3, -0.25) is 14.7 Å².